The number of fused-ring (bicyclic) bond motifs is 1. The van der Waals surface area contributed by atoms with Crippen LogP contribution in [0.3, 0.4) is 0 Å². The molecule has 5 rings (SSSR count). The van der Waals surface area contributed by atoms with Crippen molar-refractivity contribution in [2.75, 3.05) is 43.4 Å². The molecular formula is C30H48N10. The van der Waals surface area contributed by atoms with Crippen molar-refractivity contribution in [3.05, 3.63) is 36.2 Å². The van der Waals surface area contributed by atoms with Gasteiger partial charge in [0.15, 0.2) is 0 Å². The molecule has 2 fully saturated rings. The summed E-state index contributed by atoms with van der Waals surface area (Å²) in [4.78, 5) is 9.59. The largest absolute Gasteiger partial charge is 0.367 e. The summed E-state index contributed by atoms with van der Waals surface area (Å²) in [5.74, 6) is 1.50. The van der Waals surface area contributed by atoms with Crippen LogP contribution in [0.1, 0.15) is 70.9 Å². The first-order chi connectivity index (χ1) is 19.5. The van der Waals surface area contributed by atoms with E-state index < -0.39 is 0 Å². The highest BCUT2D eigenvalue weighted by Gasteiger charge is 2.20. The topological polar surface area (TPSA) is 117 Å². The minimum absolute atomic E-state index is 0.0753. The van der Waals surface area contributed by atoms with Gasteiger partial charge in [-0.1, -0.05) is 50.5 Å². The molecule has 0 atom stereocenters. The molecule has 0 spiro atoms. The number of nitrogens with zero attached hydrogens (tertiary/aromatic N) is 5. The molecule has 3 aromatic rings. The van der Waals surface area contributed by atoms with Crippen molar-refractivity contribution in [2.24, 2.45) is 5.41 Å². The lowest BCUT2D eigenvalue weighted by molar-refractivity contribution is 0.273. The molecule has 10 heteroatoms. The number of aromatic nitrogens is 5. The fourth-order valence-electron chi connectivity index (χ4n) is 5.84. The Balaban J connectivity index is 1.08. The van der Waals surface area contributed by atoms with Crippen LogP contribution < -0.4 is 26.6 Å². The van der Waals surface area contributed by atoms with Gasteiger partial charge in [-0.25, -0.2) is 4.98 Å². The Bertz CT molecular complexity index is 1180. The average molecular weight is 549 g/mol. The Kier molecular flexibility index (Phi) is 10.2. The maximum atomic E-state index is 4.84. The molecule has 1 saturated carbocycles. The zero-order chi connectivity index (χ0) is 27.6. The van der Waals surface area contributed by atoms with Crippen LogP contribution in [0, 0.1) is 5.41 Å². The number of rotatable bonds is 14. The SMILES string of the molecule is CC(C)(CNCCCNC1CCCCC1)Cn1cc(CNc2nc(NC3CCNCC3)c3ccccc3n2)nn1. The summed E-state index contributed by atoms with van der Waals surface area (Å²) in [5.41, 5.74) is 1.88. The lowest BCUT2D eigenvalue weighted by Gasteiger charge is -2.25. The van der Waals surface area contributed by atoms with Gasteiger partial charge in [0.1, 0.15) is 11.5 Å². The Morgan fingerprint density at radius 1 is 0.975 bits per heavy atom. The molecule has 0 unspecified atom stereocenters. The van der Waals surface area contributed by atoms with Gasteiger partial charge in [-0.05, 0) is 75.8 Å². The smallest absolute Gasteiger partial charge is 0.225 e. The maximum Gasteiger partial charge on any atom is 0.225 e. The molecule has 1 aromatic carbocycles. The molecule has 1 aliphatic carbocycles. The van der Waals surface area contributed by atoms with Crippen molar-refractivity contribution in [3.8, 4) is 0 Å². The normalized spacial score (nSPS) is 17.4. The number of hydrogen-bond acceptors (Lipinski definition) is 9. The van der Waals surface area contributed by atoms with E-state index in [-0.39, 0.29) is 5.41 Å². The van der Waals surface area contributed by atoms with Gasteiger partial charge in [-0.2, -0.15) is 4.98 Å². The van der Waals surface area contributed by atoms with E-state index in [1.165, 1.54) is 32.1 Å². The first-order valence-corrected chi connectivity index (χ1v) is 15.4. The molecule has 0 radical (unpaired) electrons. The van der Waals surface area contributed by atoms with E-state index in [1.807, 2.05) is 29.1 Å². The molecule has 0 bridgehead atoms. The third kappa shape index (κ3) is 8.59. The van der Waals surface area contributed by atoms with Crippen LogP contribution in [0.25, 0.3) is 10.9 Å². The minimum atomic E-state index is 0.0753. The van der Waals surface area contributed by atoms with Crippen molar-refractivity contribution in [1.82, 2.24) is 40.9 Å². The van der Waals surface area contributed by atoms with E-state index in [4.69, 9.17) is 9.97 Å². The maximum absolute atomic E-state index is 4.84. The predicted molar refractivity (Wildman–Crippen MR) is 163 cm³/mol. The lowest BCUT2D eigenvalue weighted by Crippen LogP contribution is -2.36. The third-order valence-corrected chi connectivity index (χ3v) is 8.06. The standard InChI is InChI=1S/C30H48N10/c1-30(2,21-32-15-8-16-33-23-9-4-3-5-10-23)22-40-20-25(38-39-40)19-34-29-36-27-12-7-6-11-26(27)28(37-29)35-24-13-17-31-18-14-24/h6-7,11-12,20,23-24,31-33H,3-5,8-10,13-19,21-22H2,1-2H3,(H2,34,35,36,37). The van der Waals surface area contributed by atoms with Crippen molar-refractivity contribution in [1.29, 1.82) is 0 Å². The summed E-state index contributed by atoms with van der Waals surface area (Å²) in [6.45, 7) is 11.0. The van der Waals surface area contributed by atoms with Crippen molar-refractivity contribution >= 4 is 22.7 Å². The average Bonchev–Trinajstić information content (AvgIpc) is 3.41. The number of hydrogen-bond donors (Lipinski definition) is 5. The van der Waals surface area contributed by atoms with E-state index in [0.29, 0.717) is 18.5 Å². The Morgan fingerprint density at radius 2 is 1.80 bits per heavy atom. The number of para-hydroxylation sites is 1. The summed E-state index contributed by atoms with van der Waals surface area (Å²) in [6.07, 6.45) is 12.3. The van der Waals surface area contributed by atoms with Gasteiger partial charge in [0.05, 0.1) is 18.3 Å². The summed E-state index contributed by atoms with van der Waals surface area (Å²) >= 11 is 0. The van der Waals surface area contributed by atoms with Crippen molar-refractivity contribution in [2.45, 2.75) is 90.4 Å². The van der Waals surface area contributed by atoms with Gasteiger partial charge in [0, 0.05) is 30.6 Å². The van der Waals surface area contributed by atoms with Crippen LogP contribution >= 0.6 is 0 Å². The van der Waals surface area contributed by atoms with E-state index in [0.717, 1.165) is 87.0 Å². The Hall–Kier alpha value is -2.82. The molecule has 2 aromatic heterocycles. The number of benzene rings is 1. The van der Waals surface area contributed by atoms with Gasteiger partial charge in [-0.15, -0.1) is 5.10 Å². The number of piperidine rings is 1. The van der Waals surface area contributed by atoms with Gasteiger partial charge >= 0.3 is 0 Å². The third-order valence-electron chi connectivity index (χ3n) is 8.06. The van der Waals surface area contributed by atoms with Crippen LogP contribution in [0.15, 0.2) is 30.5 Å². The molecular weight excluding hydrogens is 500 g/mol. The first-order valence-electron chi connectivity index (χ1n) is 15.4. The summed E-state index contributed by atoms with van der Waals surface area (Å²) in [5, 5.41) is 27.7. The van der Waals surface area contributed by atoms with E-state index in [2.05, 4.69) is 56.8 Å². The van der Waals surface area contributed by atoms with E-state index in [9.17, 15) is 0 Å². The van der Waals surface area contributed by atoms with E-state index >= 15 is 0 Å². The molecule has 2 aliphatic rings. The van der Waals surface area contributed by atoms with Crippen LogP contribution in [0.2, 0.25) is 0 Å². The summed E-state index contributed by atoms with van der Waals surface area (Å²) in [7, 11) is 0. The highest BCUT2D eigenvalue weighted by atomic mass is 15.4. The van der Waals surface area contributed by atoms with Crippen LogP contribution in [0.5, 0.6) is 0 Å². The molecule has 1 saturated heterocycles. The second-order valence-electron chi connectivity index (χ2n) is 12.3. The van der Waals surface area contributed by atoms with Crippen LogP contribution in [-0.2, 0) is 13.1 Å². The van der Waals surface area contributed by atoms with Gasteiger partial charge in [0.2, 0.25) is 5.95 Å². The van der Waals surface area contributed by atoms with E-state index in [1.54, 1.807) is 0 Å². The molecule has 0 amide bonds. The summed E-state index contributed by atoms with van der Waals surface area (Å²) in [6, 6.07) is 9.34. The van der Waals surface area contributed by atoms with Crippen LogP contribution in [0.4, 0.5) is 11.8 Å². The van der Waals surface area contributed by atoms with Gasteiger partial charge in [0.25, 0.3) is 0 Å². The Labute approximate surface area is 238 Å². The lowest BCUT2D eigenvalue weighted by atomic mass is 9.93. The fourth-order valence-corrected chi connectivity index (χ4v) is 5.84. The zero-order valence-electron chi connectivity index (χ0n) is 24.4. The fraction of sp³-hybridized carbons (Fsp3) is 0.667. The quantitative estimate of drug-likeness (QED) is 0.191. The van der Waals surface area contributed by atoms with Crippen LogP contribution in [-0.4, -0.2) is 69.8 Å². The summed E-state index contributed by atoms with van der Waals surface area (Å²) < 4.78 is 1.95. The van der Waals surface area contributed by atoms with Gasteiger partial charge < -0.3 is 26.6 Å². The second kappa shape index (κ2) is 14.2. The molecule has 3 heterocycles. The molecule has 40 heavy (non-hydrogen) atoms. The minimum Gasteiger partial charge on any atom is -0.367 e. The van der Waals surface area contributed by atoms with Gasteiger partial charge in [-0.3, -0.25) is 4.68 Å². The predicted octanol–water partition coefficient (Wildman–Crippen LogP) is 3.93. The second-order valence-corrected chi connectivity index (χ2v) is 12.3. The highest BCUT2D eigenvalue weighted by Crippen LogP contribution is 2.24. The molecule has 1 aliphatic heterocycles. The van der Waals surface area contributed by atoms with Crippen molar-refractivity contribution < 1.29 is 0 Å². The monoisotopic (exact) mass is 548 g/mol. The highest BCUT2D eigenvalue weighted by molar-refractivity contribution is 5.90. The zero-order valence-corrected chi connectivity index (χ0v) is 24.4. The molecule has 218 valence electrons. The number of nitrogens with one attached hydrogen (secondary N) is 5. The molecule has 10 nitrogen and oxygen atoms in total. The molecule has 5 N–H and O–H groups in total. The first kappa shape index (κ1) is 28.7. The van der Waals surface area contributed by atoms with Crippen molar-refractivity contribution in [3.63, 3.8) is 0 Å². The number of anilines is 2. The Morgan fingerprint density at radius 3 is 2.65 bits per heavy atom.